The lowest BCUT2D eigenvalue weighted by atomic mass is 10.0. The van der Waals surface area contributed by atoms with Gasteiger partial charge in [-0.2, -0.15) is 0 Å². The Labute approximate surface area is 505 Å². The Morgan fingerprint density at radius 3 is 0.704 bits per heavy atom. The smallest absolute Gasteiger partial charge is 0.306 e. The summed E-state index contributed by atoms with van der Waals surface area (Å²) in [5.74, 6) is -0.843. The number of allylic oxidation sites excluding steroid dienone is 8. The molecule has 6 heteroatoms. The van der Waals surface area contributed by atoms with Gasteiger partial charge in [0.1, 0.15) is 13.2 Å². The quantitative estimate of drug-likeness (QED) is 0.0261. The van der Waals surface area contributed by atoms with Gasteiger partial charge in [0.2, 0.25) is 0 Å². The molecule has 0 radical (unpaired) electrons. The second kappa shape index (κ2) is 69.9. The normalized spacial score (nSPS) is 12.3. The number of carbonyl (C=O) groups is 3. The molecule has 0 N–H and O–H groups in total. The van der Waals surface area contributed by atoms with Gasteiger partial charge < -0.3 is 14.2 Å². The Balaban J connectivity index is 4.24. The van der Waals surface area contributed by atoms with Gasteiger partial charge in [-0.25, -0.2) is 0 Å². The second-order valence-corrected chi connectivity index (χ2v) is 24.5. The number of hydrogen-bond acceptors (Lipinski definition) is 6. The van der Waals surface area contributed by atoms with Crippen LogP contribution in [0.3, 0.4) is 0 Å². The van der Waals surface area contributed by atoms with E-state index >= 15 is 0 Å². The lowest BCUT2D eigenvalue weighted by Crippen LogP contribution is -2.30. The van der Waals surface area contributed by atoms with Crippen LogP contribution in [-0.2, 0) is 28.6 Å². The van der Waals surface area contributed by atoms with Crippen LogP contribution >= 0.6 is 0 Å². The fraction of sp³-hybridized carbons (Fsp3) is 0.853. The van der Waals surface area contributed by atoms with Gasteiger partial charge in [-0.05, 0) is 83.5 Å². The van der Waals surface area contributed by atoms with Gasteiger partial charge in [-0.15, -0.1) is 0 Å². The van der Waals surface area contributed by atoms with E-state index in [4.69, 9.17) is 14.2 Å². The summed E-state index contributed by atoms with van der Waals surface area (Å²) in [4.78, 5) is 38.5. The average molecular weight is 1140 g/mol. The summed E-state index contributed by atoms with van der Waals surface area (Å²) in [7, 11) is 0. The molecule has 1 unspecified atom stereocenters. The fourth-order valence-corrected chi connectivity index (χ4v) is 10.9. The molecule has 0 bridgehead atoms. The molecule has 0 amide bonds. The van der Waals surface area contributed by atoms with Gasteiger partial charge in [0.25, 0.3) is 0 Å². The second-order valence-electron chi connectivity index (χ2n) is 24.5. The van der Waals surface area contributed by atoms with Crippen molar-refractivity contribution in [3.8, 4) is 0 Å². The zero-order chi connectivity index (χ0) is 58.5. The predicted molar refractivity (Wildman–Crippen MR) is 353 cm³/mol. The Bertz CT molecular complexity index is 1400. The van der Waals surface area contributed by atoms with E-state index in [-0.39, 0.29) is 31.1 Å². The fourth-order valence-electron chi connectivity index (χ4n) is 10.9. The highest BCUT2D eigenvalue weighted by atomic mass is 16.6. The van der Waals surface area contributed by atoms with Gasteiger partial charge in [0.05, 0.1) is 0 Å². The van der Waals surface area contributed by atoms with Crippen LogP contribution in [0.2, 0.25) is 0 Å². The van der Waals surface area contributed by atoms with E-state index in [1.807, 2.05) is 0 Å². The van der Waals surface area contributed by atoms with Gasteiger partial charge in [0.15, 0.2) is 6.10 Å². The standard InChI is InChI=1S/C75H138O6/c1-4-7-10-13-16-19-22-25-28-30-32-33-34-35-36-37-38-39-40-41-43-44-47-50-53-56-59-62-65-68-74(77)80-71-72(70-79-73(76)67-64-61-58-55-52-49-46-27-24-21-18-15-12-9-6-3)81-75(78)69-66-63-60-57-54-51-48-45-42-31-29-26-23-20-17-14-11-8-5-2/h22,25-26,29-30,32,34-35,72H,4-21,23-24,27-28,31,33,36-71H2,1-3H3/b25-22-,29-26-,32-30-,35-34-. The lowest BCUT2D eigenvalue weighted by molar-refractivity contribution is -0.167. The molecule has 6 nitrogen and oxygen atoms in total. The summed E-state index contributed by atoms with van der Waals surface area (Å²) in [5, 5.41) is 0. The molecule has 0 aromatic heterocycles. The molecule has 0 fully saturated rings. The molecule has 0 spiro atoms. The van der Waals surface area contributed by atoms with Crippen molar-refractivity contribution in [3.63, 3.8) is 0 Å². The zero-order valence-corrected chi connectivity index (χ0v) is 54.6. The molecule has 0 saturated carbocycles. The van der Waals surface area contributed by atoms with Gasteiger partial charge in [0, 0.05) is 19.3 Å². The predicted octanol–water partition coefficient (Wildman–Crippen LogP) is 24.9. The Hall–Kier alpha value is -2.63. The number of rotatable bonds is 67. The molecular formula is C75H138O6. The average Bonchev–Trinajstić information content (AvgIpc) is 3.47. The van der Waals surface area contributed by atoms with Crippen molar-refractivity contribution in [2.45, 2.75) is 399 Å². The maximum atomic E-state index is 13.0. The molecule has 0 aliphatic carbocycles. The van der Waals surface area contributed by atoms with Crippen molar-refractivity contribution in [1.29, 1.82) is 0 Å². The molecule has 0 rings (SSSR count). The molecule has 81 heavy (non-hydrogen) atoms. The molecule has 0 heterocycles. The molecule has 0 aromatic rings. The number of ether oxygens (including phenoxy) is 3. The molecule has 474 valence electrons. The first-order valence-corrected chi connectivity index (χ1v) is 36.1. The van der Waals surface area contributed by atoms with Crippen LogP contribution in [0.4, 0.5) is 0 Å². The first-order valence-electron chi connectivity index (χ1n) is 36.1. The molecule has 1 atom stereocenters. The van der Waals surface area contributed by atoms with Gasteiger partial charge in [-0.3, -0.25) is 14.4 Å². The van der Waals surface area contributed by atoms with Crippen molar-refractivity contribution in [2.24, 2.45) is 0 Å². The van der Waals surface area contributed by atoms with E-state index in [2.05, 4.69) is 69.4 Å². The van der Waals surface area contributed by atoms with E-state index in [9.17, 15) is 14.4 Å². The lowest BCUT2D eigenvalue weighted by Gasteiger charge is -2.18. The summed E-state index contributed by atoms with van der Waals surface area (Å²) in [6.45, 7) is 6.69. The SMILES string of the molecule is CCCCCCC/C=C\C/C=C\C/C=C\CCCCCCCCCCCCCCCCC(=O)OCC(COC(=O)CCCCCCCCCCCCCCCCC)OC(=O)CCCCCCCCCCC/C=C\CCCCCCCC. The van der Waals surface area contributed by atoms with E-state index < -0.39 is 6.10 Å². The van der Waals surface area contributed by atoms with E-state index in [1.54, 1.807) is 0 Å². The maximum absolute atomic E-state index is 13.0. The maximum Gasteiger partial charge on any atom is 0.306 e. The number of unbranched alkanes of at least 4 members (excludes halogenated alkanes) is 48. The molecule has 0 aromatic carbocycles. The van der Waals surface area contributed by atoms with Crippen LogP contribution in [0, 0.1) is 0 Å². The van der Waals surface area contributed by atoms with E-state index in [0.29, 0.717) is 19.3 Å². The number of hydrogen-bond donors (Lipinski definition) is 0. The minimum atomic E-state index is -0.773. The molecular weight excluding hydrogens is 997 g/mol. The summed E-state index contributed by atoms with van der Waals surface area (Å²) >= 11 is 0. The van der Waals surface area contributed by atoms with Crippen molar-refractivity contribution < 1.29 is 28.6 Å². The molecule has 0 aliphatic rings. The van der Waals surface area contributed by atoms with Crippen LogP contribution in [-0.4, -0.2) is 37.2 Å². The van der Waals surface area contributed by atoms with Crippen LogP contribution in [0.25, 0.3) is 0 Å². The van der Waals surface area contributed by atoms with Crippen molar-refractivity contribution >= 4 is 17.9 Å². The summed E-state index contributed by atoms with van der Waals surface area (Å²) < 4.78 is 17.0. The highest BCUT2D eigenvalue weighted by molar-refractivity contribution is 5.71. The minimum Gasteiger partial charge on any atom is -0.462 e. The van der Waals surface area contributed by atoms with Gasteiger partial charge in [-0.1, -0.05) is 339 Å². The third kappa shape index (κ3) is 68.0. The topological polar surface area (TPSA) is 78.9 Å². The van der Waals surface area contributed by atoms with E-state index in [1.165, 1.54) is 283 Å². The summed E-state index contributed by atoms with van der Waals surface area (Å²) in [6, 6.07) is 0. The largest absolute Gasteiger partial charge is 0.462 e. The van der Waals surface area contributed by atoms with Gasteiger partial charge >= 0.3 is 17.9 Å². The summed E-state index contributed by atoms with van der Waals surface area (Å²) in [6.07, 6.45) is 88.5. The minimum absolute atomic E-state index is 0.0686. The highest BCUT2D eigenvalue weighted by Gasteiger charge is 2.19. The third-order valence-corrected chi connectivity index (χ3v) is 16.3. The Kier molecular flexibility index (Phi) is 67.6. The Morgan fingerprint density at radius 1 is 0.247 bits per heavy atom. The summed E-state index contributed by atoms with van der Waals surface area (Å²) in [5.41, 5.74) is 0. The first kappa shape index (κ1) is 78.4. The monoisotopic (exact) mass is 1140 g/mol. The third-order valence-electron chi connectivity index (χ3n) is 16.3. The van der Waals surface area contributed by atoms with Crippen LogP contribution in [0.1, 0.15) is 393 Å². The van der Waals surface area contributed by atoms with Crippen LogP contribution in [0.15, 0.2) is 48.6 Å². The Morgan fingerprint density at radius 2 is 0.444 bits per heavy atom. The molecule has 0 saturated heterocycles. The van der Waals surface area contributed by atoms with Crippen LogP contribution < -0.4 is 0 Å². The zero-order valence-electron chi connectivity index (χ0n) is 54.6. The van der Waals surface area contributed by atoms with Crippen molar-refractivity contribution in [1.82, 2.24) is 0 Å². The van der Waals surface area contributed by atoms with Crippen molar-refractivity contribution in [3.05, 3.63) is 48.6 Å². The number of esters is 3. The van der Waals surface area contributed by atoms with Crippen molar-refractivity contribution in [2.75, 3.05) is 13.2 Å². The first-order chi connectivity index (χ1) is 40.0. The van der Waals surface area contributed by atoms with Crippen LogP contribution in [0.5, 0.6) is 0 Å². The number of carbonyl (C=O) groups excluding carboxylic acids is 3. The molecule has 0 aliphatic heterocycles. The van der Waals surface area contributed by atoms with E-state index in [0.717, 1.165) is 70.6 Å². The highest BCUT2D eigenvalue weighted by Crippen LogP contribution is 2.18.